The predicted molar refractivity (Wildman–Crippen MR) is 91.0 cm³/mol. The van der Waals surface area contributed by atoms with E-state index in [2.05, 4.69) is 70.9 Å². The van der Waals surface area contributed by atoms with Gasteiger partial charge in [-0.2, -0.15) is 4.80 Å². The Morgan fingerprint density at radius 2 is 1.65 bits per heavy atom. The second-order valence-electron chi connectivity index (χ2n) is 5.60. The molecule has 4 heteroatoms. The maximum absolute atomic E-state index is 4.54. The van der Waals surface area contributed by atoms with Gasteiger partial charge in [-0.1, -0.05) is 66.7 Å². The van der Waals surface area contributed by atoms with Crippen LogP contribution in [0.3, 0.4) is 0 Å². The van der Waals surface area contributed by atoms with Crippen molar-refractivity contribution in [3.05, 3.63) is 77.9 Å². The van der Waals surface area contributed by atoms with Crippen molar-refractivity contribution in [3.63, 3.8) is 0 Å². The van der Waals surface area contributed by atoms with Crippen molar-refractivity contribution in [1.29, 1.82) is 0 Å². The van der Waals surface area contributed by atoms with Gasteiger partial charge in [-0.3, -0.25) is 0 Å². The summed E-state index contributed by atoms with van der Waals surface area (Å²) in [5.74, 6) is 0.670. The average molecular weight is 300 g/mol. The van der Waals surface area contributed by atoms with E-state index in [1.807, 2.05) is 18.2 Å². The molecule has 4 rings (SSSR count). The first-order chi connectivity index (χ1) is 11.3. The fourth-order valence-electron chi connectivity index (χ4n) is 2.82. The van der Waals surface area contributed by atoms with Crippen LogP contribution in [-0.4, -0.2) is 20.2 Å². The van der Waals surface area contributed by atoms with Gasteiger partial charge < -0.3 is 0 Å². The third kappa shape index (κ3) is 2.59. The molecular weight excluding hydrogens is 284 g/mol. The van der Waals surface area contributed by atoms with E-state index in [1.54, 1.807) is 4.80 Å². The average Bonchev–Trinajstić information content (AvgIpc) is 3.04. The van der Waals surface area contributed by atoms with Crippen LogP contribution in [0.1, 0.15) is 11.1 Å². The van der Waals surface area contributed by atoms with Crippen molar-refractivity contribution in [1.82, 2.24) is 20.2 Å². The molecule has 0 aliphatic rings. The normalized spacial score (nSPS) is 11.0. The summed E-state index contributed by atoms with van der Waals surface area (Å²) < 4.78 is 0. The Morgan fingerprint density at radius 1 is 0.870 bits per heavy atom. The van der Waals surface area contributed by atoms with E-state index in [1.165, 1.54) is 16.3 Å². The monoisotopic (exact) mass is 300 g/mol. The first-order valence-corrected chi connectivity index (χ1v) is 7.62. The van der Waals surface area contributed by atoms with Crippen LogP contribution < -0.4 is 0 Å². The Morgan fingerprint density at radius 3 is 2.57 bits per heavy atom. The predicted octanol–water partition coefficient (Wildman–Crippen LogP) is 3.85. The number of aryl methyl sites for hydroxylation is 1. The standard InChI is InChI=1S/C19H16N4/c1-14-7-2-4-11-17(14)19-20-22-23(21-19)13-16-10-6-9-15-8-3-5-12-18(15)16/h2-12H,13H2,1H3. The van der Waals surface area contributed by atoms with E-state index in [0.717, 1.165) is 11.1 Å². The van der Waals surface area contributed by atoms with Crippen LogP contribution in [0, 0.1) is 6.92 Å². The number of fused-ring (bicyclic) bond motifs is 1. The van der Waals surface area contributed by atoms with E-state index in [4.69, 9.17) is 0 Å². The third-order valence-corrected chi connectivity index (χ3v) is 4.03. The molecule has 0 amide bonds. The van der Waals surface area contributed by atoms with Crippen molar-refractivity contribution < 1.29 is 0 Å². The van der Waals surface area contributed by atoms with Crippen molar-refractivity contribution in [2.24, 2.45) is 0 Å². The minimum absolute atomic E-state index is 0.611. The summed E-state index contributed by atoms with van der Waals surface area (Å²) in [7, 11) is 0. The van der Waals surface area contributed by atoms with Crippen LogP contribution in [0.2, 0.25) is 0 Å². The number of benzene rings is 3. The van der Waals surface area contributed by atoms with E-state index in [9.17, 15) is 0 Å². The molecule has 0 aliphatic heterocycles. The summed E-state index contributed by atoms with van der Waals surface area (Å²) in [6, 6.07) is 22.7. The van der Waals surface area contributed by atoms with Crippen molar-refractivity contribution in [2.45, 2.75) is 13.5 Å². The number of nitrogens with zero attached hydrogens (tertiary/aromatic N) is 4. The lowest BCUT2D eigenvalue weighted by atomic mass is 10.1. The Kier molecular flexibility index (Phi) is 3.35. The second kappa shape index (κ2) is 5.65. The van der Waals surface area contributed by atoms with Crippen LogP contribution >= 0.6 is 0 Å². The molecule has 23 heavy (non-hydrogen) atoms. The molecule has 0 fully saturated rings. The van der Waals surface area contributed by atoms with Crippen molar-refractivity contribution >= 4 is 10.8 Å². The van der Waals surface area contributed by atoms with Crippen molar-refractivity contribution in [2.75, 3.05) is 0 Å². The number of hydrogen-bond acceptors (Lipinski definition) is 3. The van der Waals surface area contributed by atoms with E-state index >= 15 is 0 Å². The van der Waals surface area contributed by atoms with Gasteiger partial charge >= 0.3 is 0 Å². The summed E-state index contributed by atoms with van der Waals surface area (Å²) in [6.07, 6.45) is 0. The van der Waals surface area contributed by atoms with Crippen molar-refractivity contribution in [3.8, 4) is 11.4 Å². The Labute approximate surface area is 134 Å². The summed E-state index contributed by atoms with van der Waals surface area (Å²) in [4.78, 5) is 1.66. The zero-order valence-corrected chi connectivity index (χ0v) is 12.8. The first kappa shape index (κ1) is 13.6. The summed E-state index contributed by atoms with van der Waals surface area (Å²) in [6.45, 7) is 2.67. The zero-order chi connectivity index (χ0) is 15.6. The van der Waals surface area contributed by atoms with Crippen LogP contribution in [0.15, 0.2) is 66.7 Å². The molecule has 3 aromatic carbocycles. The molecule has 0 unspecified atom stereocenters. The van der Waals surface area contributed by atoms with Gasteiger partial charge in [-0.05, 0) is 34.0 Å². The second-order valence-corrected chi connectivity index (χ2v) is 5.60. The van der Waals surface area contributed by atoms with Crippen LogP contribution in [0.4, 0.5) is 0 Å². The Balaban J connectivity index is 1.69. The molecule has 0 saturated carbocycles. The number of tetrazole rings is 1. The van der Waals surface area contributed by atoms with Crippen LogP contribution in [0.5, 0.6) is 0 Å². The topological polar surface area (TPSA) is 43.6 Å². The van der Waals surface area contributed by atoms with Gasteiger partial charge in [0, 0.05) is 5.56 Å². The molecule has 0 N–H and O–H groups in total. The Hall–Kier alpha value is -3.01. The highest BCUT2D eigenvalue weighted by molar-refractivity contribution is 5.85. The van der Waals surface area contributed by atoms with E-state index in [-0.39, 0.29) is 0 Å². The fourth-order valence-corrected chi connectivity index (χ4v) is 2.82. The maximum atomic E-state index is 4.54. The molecule has 1 heterocycles. The molecule has 0 aliphatic carbocycles. The number of hydrogen-bond donors (Lipinski definition) is 0. The zero-order valence-electron chi connectivity index (χ0n) is 12.8. The lowest BCUT2D eigenvalue weighted by Gasteiger charge is -2.05. The van der Waals surface area contributed by atoms with Gasteiger partial charge in [-0.25, -0.2) is 0 Å². The van der Waals surface area contributed by atoms with Gasteiger partial charge in [0.25, 0.3) is 0 Å². The van der Waals surface area contributed by atoms with Crippen LogP contribution in [-0.2, 0) is 6.54 Å². The molecule has 4 nitrogen and oxygen atoms in total. The summed E-state index contributed by atoms with van der Waals surface area (Å²) in [5, 5.41) is 15.4. The smallest absolute Gasteiger partial charge is 0.159 e. The van der Waals surface area contributed by atoms with Gasteiger partial charge in [0.05, 0.1) is 6.54 Å². The summed E-state index contributed by atoms with van der Waals surface area (Å²) in [5.41, 5.74) is 3.37. The fraction of sp³-hybridized carbons (Fsp3) is 0.105. The first-order valence-electron chi connectivity index (χ1n) is 7.62. The van der Waals surface area contributed by atoms with Gasteiger partial charge in [0.2, 0.25) is 5.82 Å². The number of aromatic nitrogens is 4. The molecule has 0 bridgehead atoms. The van der Waals surface area contributed by atoms with E-state index < -0.39 is 0 Å². The quantitative estimate of drug-likeness (QED) is 0.577. The van der Waals surface area contributed by atoms with Gasteiger partial charge in [0.1, 0.15) is 0 Å². The molecule has 1 aromatic heterocycles. The SMILES string of the molecule is Cc1ccccc1-c1nnn(Cc2cccc3ccccc23)n1. The van der Waals surface area contributed by atoms with Gasteiger partial charge in [-0.15, -0.1) is 10.2 Å². The lowest BCUT2D eigenvalue weighted by molar-refractivity contribution is 0.575. The molecule has 0 atom stereocenters. The molecule has 4 aromatic rings. The van der Waals surface area contributed by atoms with E-state index in [0.29, 0.717) is 12.4 Å². The minimum Gasteiger partial charge on any atom is -0.159 e. The molecule has 0 radical (unpaired) electrons. The highest BCUT2D eigenvalue weighted by Gasteiger charge is 2.09. The minimum atomic E-state index is 0.611. The largest absolute Gasteiger partial charge is 0.205 e. The Bertz CT molecular complexity index is 966. The molecular formula is C19H16N4. The maximum Gasteiger partial charge on any atom is 0.205 e. The van der Waals surface area contributed by atoms with Crippen LogP contribution in [0.25, 0.3) is 22.2 Å². The highest BCUT2D eigenvalue weighted by atomic mass is 15.6. The summed E-state index contributed by atoms with van der Waals surface area (Å²) >= 11 is 0. The lowest BCUT2D eigenvalue weighted by Crippen LogP contribution is -2.04. The molecule has 112 valence electrons. The molecule has 0 spiro atoms. The molecule has 0 saturated heterocycles. The van der Waals surface area contributed by atoms with Gasteiger partial charge in [0.15, 0.2) is 0 Å². The highest BCUT2D eigenvalue weighted by Crippen LogP contribution is 2.20. The number of rotatable bonds is 3. The third-order valence-electron chi connectivity index (χ3n) is 4.03.